The van der Waals surface area contributed by atoms with Gasteiger partial charge < -0.3 is 9.73 Å². The third-order valence-electron chi connectivity index (χ3n) is 3.05. The van der Waals surface area contributed by atoms with Gasteiger partial charge in [-0.15, -0.1) is 0 Å². The first-order valence-electron chi connectivity index (χ1n) is 6.38. The van der Waals surface area contributed by atoms with Crippen molar-refractivity contribution in [1.29, 1.82) is 0 Å². The number of amides is 1. The van der Waals surface area contributed by atoms with Crippen molar-refractivity contribution in [3.63, 3.8) is 0 Å². The molecular weight excluding hydrogens is 294 g/mol. The second kappa shape index (κ2) is 5.44. The van der Waals surface area contributed by atoms with Crippen LogP contribution in [-0.2, 0) is 11.2 Å². The van der Waals surface area contributed by atoms with E-state index in [4.69, 9.17) is 4.42 Å². The van der Waals surface area contributed by atoms with Gasteiger partial charge in [0.25, 0.3) is 0 Å². The Morgan fingerprint density at radius 2 is 1.95 bits per heavy atom. The lowest BCUT2D eigenvalue weighted by atomic mass is 10.1. The van der Waals surface area contributed by atoms with Crippen LogP contribution in [0.2, 0.25) is 0 Å². The van der Waals surface area contributed by atoms with Gasteiger partial charge in [0.15, 0.2) is 17.2 Å². The number of aromatic nitrogens is 1. The summed E-state index contributed by atoms with van der Waals surface area (Å²) in [5.74, 6) is -2.97. The highest BCUT2D eigenvalue weighted by Crippen LogP contribution is 2.15. The third kappa shape index (κ3) is 2.88. The molecule has 3 rings (SSSR count). The van der Waals surface area contributed by atoms with E-state index in [9.17, 15) is 18.4 Å². The van der Waals surface area contributed by atoms with Gasteiger partial charge >= 0.3 is 5.76 Å². The minimum Gasteiger partial charge on any atom is -0.408 e. The van der Waals surface area contributed by atoms with E-state index in [-0.39, 0.29) is 12.1 Å². The van der Waals surface area contributed by atoms with E-state index in [1.165, 1.54) is 6.07 Å². The van der Waals surface area contributed by atoms with Gasteiger partial charge in [-0.05, 0) is 29.8 Å². The molecule has 1 aromatic heterocycles. The molecular formula is C15H10F2N2O3. The Hall–Kier alpha value is -2.96. The zero-order valence-electron chi connectivity index (χ0n) is 11.2. The van der Waals surface area contributed by atoms with Crippen LogP contribution in [0, 0.1) is 11.6 Å². The van der Waals surface area contributed by atoms with Crippen LogP contribution in [0.1, 0.15) is 5.56 Å². The van der Waals surface area contributed by atoms with Gasteiger partial charge in [-0.2, -0.15) is 0 Å². The van der Waals surface area contributed by atoms with Crippen molar-refractivity contribution in [3.05, 3.63) is 64.1 Å². The molecule has 0 radical (unpaired) electrons. The molecule has 0 bridgehead atoms. The van der Waals surface area contributed by atoms with Gasteiger partial charge in [0.05, 0.1) is 11.9 Å². The molecule has 0 aliphatic carbocycles. The first kappa shape index (κ1) is 14.0. The molecule has 112 valence electrons. The molecule has 22 heavy (non-hydrogen) atoms. The van der Waals surface area contributed by atoms with Gasteiger partial charge in [-0.25, -0.2) is 13.6 Å². The van der Waals surface area contributed by atoms with Crippen molar-refractivity contribution in [2.45, 2.75) is 6.42 Å². The first-order valence-corrected chi connectivity index (χ1v) is 6.38. The standard InChI is InChI=1S/C15H10F2N2O3/c16-10-3-2-9(7-11(10)17)18-14(20)6-8-1-4-13-12(5-8)19-15(21)22-13/h1-5,7H,6H2,(H,18,20)(H,19,21). The lowest BCUT2D eigenvalue weighted by Gasteiger charge is -2.05. The highest BCUT2D eigenvalue weighted by molar-refractivity contribution is 5.92. The largest absolute Gasteiger partial charge is 0.417 e. The zero-order valence-corrected chi connectivity index (χ0v) is 11.2. The summed E-state index contributed by atoms with van der Waals surface area (Å²) in [5, 5.41) is 2.47. The van der Waals surface area contributed by atoms with Crippen molar-refractivity contribution in [1.82, 2.24) is 4.98 Å². The molecule has 2 aromatic carbocycles. The fourth-order valence-electron chi connectivity index (χ4n) is 2.07. The summed E-state index contributed by atoms with van der Waals surface area (Å²) in [5.41, 5.74) is 1.70. The summed E-state index contributed by atoms with van der Waals surface area (Å²) >= 11 is 0. The van der Waals surface area contributed by atoms with E-state index in [0.717, 1.165) is 12.1 Å². The maximum atomic E-state index is 13.1. The van der Waals surface area contributed by atoms with E-state index in [2.05, 4.69) is 10.3 Å². The Morgan fingerprint density at radius 3 is 2.73 bits per heavy atom. The minimum atomic E-state index is -1.03. The Bertz CT molecular complexity index is 915. The van der Waals surface area contributed by atoms with Crippen LogP contribution in [-0.4, -0.2) is 10.9 Å². The predicted octanol–water partition coefficient (Wildman–Crippen LogP) is 2.58. The number of hydrogen-bond donors (Lipinski definition) is 2. The molecule has 0 saturated heterocycles. The number of nitrogens with one attached hydrogen (secondary N) is 2. The molecule has 2 N–H and O–H groups in total. The average molecular weight is 304 g/mol. The number of carbonyl (C=O) groups excluding carboxylic acids is 1. The van der Waals surface area contributed by atoms with Crippen molar-refractivity contribution in [3.8, 4) is 0 Å². The molecule has 5 nitrogen and oxygen atoms in total. The molecule has 1 amide bonds. The minimum absolute atomic E-state index is 0.0160. The molecule has 3 aromatic rings. The van der Waals surface area contributed by atoms with Crippen LogP contribution in [0.5, 0.6) is 0 Å². The van der Waals surface area contributed by atoms with Crippen molar-refractivity contribution < 1.29 is 18.0 Å². The Kier molecular flexibility index (Phi) is 3.46. The summed E-state index contributed by atoms with van der Waals surface area (Å²) < 4.78 is 30.7. The van der Waals surface area contributed by atoms with Crippen LogP contribution in [0.3, 0.4) is 0 Å². The maximum Gasteiger partial charge on any atom is 0.417 e. The predicted molar refractivity (Wildman–Crippen MR) is 75.5 cm³/mol. The van der Waals surface area contributed by atoms with E-state index in [1.54, 1.807) is 18.2 Å². The Balaban J connectivity index is 1.74. The molecule has 0 unspecified atom stereocenters. The van der Waals surface area contributed by atoms with Crippen molar-refractivity contribution in [2.75, 3.05) is 5.32 Å². The van der Waals surface area contributed by atoms with E-state index < -0.39 is 23.3 Å². The zero-order chi connectivity index (χ0) is 15.7. The summed E-state index contributed by atoms with van der Waals surface area (Å²) in [4.78, 5) is 25.4. The molecule has 0 saturated carbocycles. The summed E-state index contributed by atoms with van der Waals surface area (Å²) in [6.07, 6.45) is 0.0160. The quantitative estimate of drug-likeness (QED) is 0.781. The van der Waals surface area contributed by atoms with Crippen molar-refractivity contribution in [2.24, 2.45) is 0 Å². The van der Waals surface area contributed by atoms with Crippen LogP contribution in [0.15, 0.2) is 45.6 Å². The van der Waals surface area contributed by atoms with Gasteiger partial charge in [0.1, 0.15) is 0 Å². The number of fused-ring (bicyclic) bond motifs is 1. The fraction of sp³-hybridized carbons (Fsp3) is 0.0667. The summed E-state index contributed by atoms with van der Waals surface area (Å²) in [7, 11) is 0. The van der Waals surface area contributed by atoms with E-state index >= 15 is 0 Å². The van der Waals surface area contributed by atoms with Crippen LogP contribution < -0.4 is 11.1 Å². The number of oxazole rings is 1. The molecule has 7 heteroatoms. The number of rotatable bonds is 3. The molecule has 0 fully saturated rings. The lowest BCUT2D eigenvalue weighted by Crippen LogP contribution is -2.14. The van der Waals surface area contributed by atoms with Gasteiger partial charge in [-0.1, -0.05) is 6.07 Å². The fourth-order valence-corrected chi connectivity index (χ4v) is 2.07. The highest BCUT2D eigenvalue weighted by Gasteiger charge is 2.09. The maximum absolute atomic E-state index is 13.1. The number of hydrogen-bond acceptors (Lipinski definition) is 3. The normalized spacial score (nSPS) is 10.8. The lowest BCUT2D eigenvalue weighted by molar-refractivity contribution is -0.115. The van der Waals surface area contributed by atoms with Crippen LogP contribution >= 0.6 is 0 Å². The monoisotopic (exact) mass is 304 g/mol. The number of halogens is 2. The number of H-pyrrole nitrogens is 1. The highest BCUT2D eigenvalue weighted by atomic mass is 19.2. The number of carbonyl (C=O) groups is 1. The Morgan fingerprint density at radius 1 is 1.14 bits per heavy atom. The van der Waals surface area contributed by atoms with Crippen LogP contribution in [0.4, 0.5) is 14.5 Å². The van der Waals surface area contributed by atoms with Gasteiger partial charge in [-0.3, -0.25) is 9.78 Å². The van der Waals surface area contributed by atoms with E-state index in [1.807, 2.05) is 0 Å². The number of benzene rings is 2. The first-order chi connectivity index (χ1) is 10.5. The van der Waals surface area contributed by atoms with Gasteiger partial charge in [0.2, 0.25) is 5.91 Å². The number of aromatic amines is 1. The molecule has 0 aliphatic heterocycles. The second-order valence-electron chi connectivity index (χ2n) is 4.70. The Labute approximate surface area is 122 Å². The summed E-state index contributed by atoms with van der Waals surface area (Å²) in [6, 6.07) is 7.95. The molecule has 1 heterocycles. The average Bonchev–Trinajstić information content (AvgIpc) is 2.82. The van der Waals surface area contributed by atoms with Crippen molar-refractivity contribution >= 4 is 22.7 Å². The van der Waals surface area contributed by atoms with E-state index in [0.29, 0.717) is 16.7 Å². The third-order valence-corrected chi connectivity index (χ3v) is 3.05. The van der Waals surface area contributed by atoms with Gasteiger partial charge in [0, 0.05) is 11.8 Å². The SMILES string of the molecule is O=C(Cc1ccc2oc(=O)[nH]c2c1)Nc1ccc(F)c(F)c1. The second-order valence-corrected chi connectivity index (χ2v) is 4.70. The summed E-state index contributed by atoms with van der Waals surface area (Å²) in [6.45, 7) is 0. The smallest absolute Gasteiger partial charge is 0.408 e. The molecule has 0 atom stereocenters. The van der Waals surface area contributed by atoms with Crippen LogP contribution in [0.25, 0.3) is 11.1 Å². The molecule has 0 spiro atoms. The number of anilines is 1. The molecule has 0 aliphatic rings. The topological polar surface area (TPSA) is 75.1 Å².